The molecule has 2 aromatic carbocycles. The number of aromatic carboxylic acids is 1. The molecule has 32 heavy (non-hydrogen) atoms. The van der Waals surface area contributed by atoms with Crippen molar-refractivity contribution in [2.75, 3.05) is 30.4 Å². The molecule has 164 valence electrons. The number of methoxy groups -OCH3 is 1. The van der Waals surface area contributed by atoms with Crippen LogP contribution in [0, 0.1) is 18.3 Å². The van der Waals surface area contributed by atoms with E-state index in [0.717, 1.165) is 24.1 Å². The van der Waals surface area contributed by atoms with Crippen molar-refractivity contribution >= 4 is 28.5 Å². The molecule has 8 heteroatoms. The van der Waals surface area contributed by atoms with Crippen LogP contribution in [0.5, 0.6) is 0 Å². The second-order valence-corrected chi connectivity index (χ2v) is 8.04. The Morgan fingerprint density at radius 1 is 1.34 bits per heavy atom. The van der Waals surface area contributed by atoms with Crippen LogP contribution < -0.4 is 10.2 Å². The maximum atomic E-state index is 11.6. The summed E-state index contributed by atoms with van der Waals surface area (Å²) >= 11 is 0. The second kappa shape index (κ2) is 8.81. The first-order valence-corrected chi connectivity index (χ1v) is 10.5. The number of aromatic nitrogens is 2. The van der Waals surface area contributed by atoms with Gasteiger partial charge in [0.15, 0.2) is 11.5 Å². The maximum absolute atomic E-state index is 11.6. The van der Waals surface area contributed by atoms with Gasteiger partial charge in [0.1, 0.15) is 6.07 Å². The number of nitriles is 1. The van der Waals surface area contributed by atoms with E-state index in [4.69, 9.17) is 9.72 Å². The van der Waals surface area contributed by atoms with Crippen LogP contribution in [-0.2, 0) is 4.74 Å². The molecule has 1 aliphatic heterocycles. The fourth-order valence-electron chi connectivity index (χ4n) is 4.17. The lowest BCUT2D eigenvalue weighted by Crippen LogP contribution is -2.24. The third kappa shape index (κ3) is 4.07. The van der Waals surface area contributed by atoms with Crippen molar-refractivity contribution in [1.82, 2.24) is 9.97 Å². The zero-order valence-electron chi connectivity index (χ0n) is 18.3. The van der Waals surface area contributed by atoms with Crippen LogP contribution in [-0.4, -0.2) is 47.3 Å². The number of benzene rings is 2. The molecule has 0 spiro atoms. The van der Waals surface area contributed by atoms with Gasteiger partial charge in [-0.15, -0.1) is 0 Å². The van der Waals surface area contributed by atoms with E-state index < -0.39 is 5.97 Å². The summed E-state index contributed by atoms with van der Waals surface area (Å²) < 4.78 is 5.47. The number of para-hydroxylation sites is 1. The first-order valence-electron chi connectivity index (χ1n) is 10.5. The van der Waals surface area contributed by atoms with Crippen LogP contribution in [0.1, 0.15) is 46.6 Å². The van der Waals surface area contributed by atoms with Crippen molar-refractivity contribution in [2.24, 2.45) is 0 Å². The number of anilines is 2. The van der Waals surface area contributed by atoms with E-state index >= 15 is 0 Å². The summed E-state index contributed by atoms with van der Waals surface area (Å²) in [5.74, 6) is -0.431. The molecule has 8 nitrogen and oxygen atoms in total. The number of rotatable bonds is 6. The van der Waals surface area contributed by atoms with E-state index in [1.165, 1.54) is 0 Å². The van der Waals surface area contributed by atoms with Gasteiger partial charge >= 0.3 is 5.97 Å². The molecule has 0 amide bonds. The van der Waals surface area contributed by atoms with Gasteiger partial charge in [0.05, 0.1) is 28.7 Å². The van der Waals surface area contributed by atoms with Gasteiger partial charge < -0.3 is 20.1 Å². The number of ether oxygens (including phenoxy) is 1. The molecule has 1 fully saturated rings. The highest BCUT2D eigenvalue weighted by Crippen LogP contribution is 2.31. The molecule has 1 aromatic heterocycles. The summed E-state index contributed by atoms with van der Waals surface area (Å²) in [5, 5.41) is 22.5. The summed E-state index contributed by atoms with van der Waals surface area (Å²) in [6.45, 7) is 5.33. The summed E-state index contributed by atoms with van der Waals surface area (Å²) in [4.78, 5) is 23.2. The molecule has 0 aliphatic carbocycles. The highest BCUT2D eigenvalue weighted by molar-refractivity contribution is 5.94. The zero-order valence-corrected chi connectivity index (χ0v) is 18.3. The number of hydrogen-bond acceptors (Lipinski definition) is 7. The summed E-state index contributed by atoms with van der Waals surface area (Å²) in [6.07, 6.45) is 0.968. The molecule has 1 aliphatic rings. The van der Waals surface area contributed by atoms with Gasteiger partial charge in [-0.2, -0.15) is 5.26 Å². The monoisotopic (exact) mass is 431 g/mol. The molecule has 0 radical (unpaired) electrons. The van der Waals surface area contributed by atoms with E-state index in [0.29, 0.717) is 34.8 Å². The molecular weight excluding hydrogens is 406 g/mol. The zero-order chi connectivity index (χ0) is 22.8. The number of fused-ring (bicyclic) bond motifs is 1. The minimum Gasteiger partial charge on any atom is -0.478 e. The Labute approximate surface area is 186 Å². The smallest absolute Gasteiger partial charge is 0.337 e. The third-order valence-corrected chi connectivity index (χ3v) is 5.81. The van der Waals surface area contributed by atoms with Crippen LogP contribution in [0.3, 0.4) is 0 Å². The van der Waals surface area contributed by atoms with Gasteiger partial charge in [-0.3, -0.25) is 0 Å². The molecular formula is C24H25N5O3. The quantitative estimate of drug-likeness (QED) is 0.604. The molecule has 2 unspecified atom stereocenters. The Morgan fingerprint density at radius 3 is 2.81 bits per heavy atom. The van der Waals surface area contributed by atoms with Gasteiger partial charge in [-0.25, -0.2) is 14.8 Å². The summed E-state index contributed by atoms with van der Waals surface area (Å²) in [6, 6.07) is 12.7. The van der Waals surface area contributed by atoms with Crippen LogP contribution in [0.2, 0.25) is 0 Å². The highest BCUT2D eigenvalue weighted by Gasteiger charge is 2.27. The minimum atomic E-state index is -0.989. The van der Waals surface area contributed by atoms with E-state index in [1.807, 2.05) is 30.9 Å². The van der Waals surface area contributed by atoms with E-state index in [9.17, 15) is 15.2 Å². The van der Waals surface area contributed by atoms with Crippen LogP contribution in [0.15, 0.2) is 36.4 Å². The van der Waals surface area contributed by atoms with Crippen molar-refractivity contribution in [3.8, 4) is 6.07 Å². The minimum absolute atomic E-state index is 0.102. The lowest BCUT2D eigenvalue weighted by atomic mass is 10.0. The van der Waals surface area contributed by atoms with Crippen LogP contribution >= 0.6 is 0 Å². The van der Waals surface area contributed by atoms with E-state index in [-0.39, 0.29) is 17.7 Å². The van der Waals surface area contributed by atoms with Crippen LogP contribution in [0.4, 0.5) is 11.5 Å². The molecule has 0 saturated carbocycles. The molecule has 2 atom stereocenters. The number of hydrogen-bond donors (Lipinski definition) is 2. The van der Waals surface area contributed by atoms with Crippen molar-refractivity contribution in [1.29, 1.82) is 5.26 Å². The Balaban J connectivity index is 1.78. The summed E-state index contributed by atoms with van der Waals surface area (Å²) in [7, 11) is 1.69. The Hall–Kier alpha value is -3.70. The number of carboxylic acid groups (broad SMARTS) is 1. The molecule has 2 heterocycles. The summed E-state index contributed by atoms with van der Waals surface area (Å²) in [5.41, 5.74) is 4.24. The molecule has 4 rings (SSSR count). The maximum Gasteiger partial charge on any atom is 0.337 e. The van der Waals surface area contributed by atoms with Crippen LogP contribution in [0.25, 0.3) is 11.0 Å². The predicted octanol–water partition coefficient (Wildman–Crippen LogP) is 3.91. The SMILES string of the molecule is COC1CCN(c2nc3c(C(C)Nc4ccccc4C(=O)O)cc(C)cc3nc2C#N)C1. The fourth-order valence-corrected chi connectivity index (χ4v) is 4.17. The number of nitrogens with one attached hydrogen (secondary N) is 1. The lowest BCUT2D eigenvalue weighted by Gasteiger charge is -2.22. The standard InChI is InChI=1S/C24H25N5O3/c1-14-10-18(15(2)26-19-7-5-4-6-17(19)24(30)31)22-20(11-14)27-21(12-25)23(28-22)29-9-8-16(13-29)32-3/h4-7,10-11,15-16,26H,8-9,13H2,1-3H3,(H,30,31). The number of carbonyl (C=O) groups is 1. The van der Waals surface area contributed by atoms with Gasteiger partial charge in [0, 0.05) is 31.5 Å². The molecule has 2 N–H and O–H groups in total. The fraction of sp³-hybridized carbons (Fsp3) is 0.333. The van der Waals surface area contributed by atoms with E-state index in [2.05, 4.69) is 16.4 Å². The lowest BCUT2D eigenvalue weighted by molar-refractivity contribution is 0.0698. The van der Waals surface area contributed by atoms with E-state index in [1.54, 1.807) is 31.4 Å². The van der Waals surface area contributed by atoms with Crippen molar-refractivity contribution in [3.63, 3.8) is 0 Å². The highest BCUT2D eigenvalue weighted by atomic mass is 16.5. The Bertz CT molecular complexity index is 1220. The van der Waals surface area contributed by atoms with Gasteiger partial charge in [0.25, 0.3) is 0 Å². The first-order chi connectivity index (χ1) is 15.4. The van der Waals surface area contributed by atoms with Gasteiger partial charge in [-0.1, -0.05) is 18.2 Å². The average Bonchev–Trinajstić information content (AvgIpc) is 3.27. The normalized spacial score (nSPS) is 16.7. The Morgan fingerprint density at radius 2 is 2.12 bits per heavy atom. The number of aryl methyl sites for hydroxylation is 1. The largest absolute Gasteiger partial charge is 0.478 e. The molecule has 1 saturated heterocycles. The topological polar surface area (TPSA) is 111 Å². The third-order valence-electron chi connectivity index (χ3n) is 5.81. The molecule has 0 bridgehead atoms. The first kappa shape index (κ1) is 21.5. The average molecular weight is 431 g/mol. The molecule has 3 aromatic rings. The number of nitrogens with zero attached hydrogens (tertiary/aromatic N) is 4. The van der Waals surface area contributed by atoms with Gasteiger partial charge in [0.2, 0.25) is 0 Å². The number of carboxylic acids is 1. The second-order valence-electron chi connectivity index (χ2n) is 8.04. The predicted molar refractivity (Wildman–Crippen MR) is 122 cm³/mol. The van der Waals surface area contributed by atoms with Crippen molar-refractivity contribution < 1.29 is 14.6 Å². The van der Waals surface area contributed by atoms with Gasteiger partial charge in [-0.05, 0) is 44.0 Å². The Kier molecular flexibility index (Phi) is 5.93. The van der Waals surface area contributed by atoms with Crippen molar-refractivity contribution in [2.45, 2.75) is 32.4 Å². The van der Waals surface area contributed by atoms with Crippen molar-refractivity contribution in [3.05, 3.63) is 58.8 Å².